The number of ether oxygens (including phenoxy) is 2. The third-order valence-corrected chi connectivity index (χ3v) is 2.47. The third kappa shape index (κ3) is 4.31. The second-order valence-corrected chi connectivity index (χ2v) is 5.42. The number of rotatable bonds is 4. The van der Waals surface area contributed by atoms with Crippen LogP contribution < -0.4 is 10.1 Å². The highest BCUT2D eigenvalue weighted by Crippen LogP contribution is 2.34. The van der Waals surface area contributed by atoms with Crippen molar-refractivity contribution in [3.63, 3.8) is 0 Å². The molecule has 1 rings (SSSR count). The first kappa shape index (κ1) is 17.7. The molecule has 0 fully saturated rings. The number of carbonyl (C=O) groups excluding carboxylic acids is 1. The minimum absolute atomic E-state index is 0.0849. The van der Waals surface area contributed by atoms with E-state index in [9.17, 15) is 18.4 Å². The van der Waals surface area contributed by atoms with Crippen LogP contribution in [0.5, 0.6) is 5.75 Å². The number of methoxy groups -OCH3 is 1. The molecule has 0 aliphatic heterocycles. The van der Waals surface area contributed by atoms with Crippen LogP contribution in [0.15, 0.2) is 18.2 Å². The molecular formula is C14H17F2NO5. The largest absolute Gasteiger partial charge is 0.495 e. The number of amides is 1. The van der Waals surface area contributed by atoms with E-state index in [-0.39, 0.29) is 11.4 Å². The van der Waals surface area contributed by atoms with Crippen LogP contribution in [0.2, 0.25) is 0 Å². The molecule has 6 nitrogen and oxygen atoms in total. The highest BCUT2D eigenvalue weighted by atomic mass is 19.3. The van der Waals surface area contributed by atoms with Gasteiger partial charge in [0.2, 0.25) is 0 Å². The summed E-state index contributed by atoms with van der Waals surface area (Å²) in [6.45, 7) is 5.00. The van der Waals surface area contributed by atoms with Crippen molar-refractivity contribution in [2.24, 2.45) is 0 Å². The Morgan fingerprint density at radius 1 is 1.23 bits per heavy atom. The molecule has 0 unspecified atom stereocenters. The van der Waals surface area contributed by atoms with Crippen molar-refractivity contribution >= 4 is 17.7 Å². The zero-order valence-corrected chi connectivity index (χ0v) is 12.6. The summed E-state index contributed by atoms with van der Waals surface area (Å²) in [6.07, 6.45) is -0.788. The average Bonchev–Trinajstić information content (AvgIpc) is 2.36. The lowest BCUT2D eigenvalue weighted by molar-refractivity contribution is -0.166. The summed E-state index contributed by atoms with van der Waals surface area (Å²) in [4.78, 5) is 22.2. The first-order valence-electron chi connectivity index (χ1n) is 6.27. The van der Waals surface area contributed by atoms with Crippen LogP contribution in [0.4, 0.5) is 19.3 Å². The van der Waals surface area contributed by atoms with Crippen LogP contribution in [0.1, 0.15) is 26.3 Å². The van der Waals surface area contributed by atoms with Crippen molar-refractivity contribution in [3.8, 4) is 5.75 Å². The molecule has 0 heterocycles. The molecule has 0 aromatic heterocycles. The first-order valence-corrected chi connectivity index (χ1v) is 6.27. The monoisotopic (exact) mass is 317 g/mol. The van der Waals surface area contributed by atoms with Gasteiger partial charge in [0.05, 0.1) is 12.8 Å². The molecule has 1 aromatic carbocycles. The Kier molecular flexibility index (Phi) is 4.95. The fourth-order valence-corrected chi connectivity index (χ4v) is 1.53. The van der Waals surface area contributed by atoms with E-state index in [0.717, 1.165) is 18.2 Å². The van der Waals surface area contributed by atoms with Crippen LogP contribution in [0, 0.1) is 0 Å². The quantitative estimate of drug-likeness (QED) is 0.890. The van der Waals surface area contributed by atoms with E-state index in [4.69, 9.17) is 14.6 Å². The van der Waals surface area contributed by atoms with Gasteiger partial charge in [0, 0.05) is 5.56 Å². The summed E-state index contributed by atoms with van der Waals surface area (Å²) < 4.78 is 36.8. The molecule has 0 spiro atoms. The molecule has 0 saturated heterocycles. The lowest BCUT2D eigenvalue weighted by Gasteiger charge is -2.20. The normalized spacial score (nSPS) is 11.7. The van der Waals surface area contributed by atoms with Gasteiger partial charge in [0.25, 0.3) is 0 Å². The number of carboxylic acid groups (broad SMARTS) is 1. The summed E-state index contributed by atoms with van der Waals surface area (Å²) in [6, 6.07) is 2.86. The van der Waals surface area contributed by atoms with Crippen molar-refractivity contribution in [1.29, 1.82) is 0 Å². The fraction of sp³-hybridized carbons (Fsp3) is 0.429. The molecule has 122 valence electrons. The molecule has 0 aliphatic rings. The van der Waals surface area contributed by atoms with E-state index >= 15 is 0 Å². The van der Waals surface area contributed by atoms with Crippen molar-refractivity contribution in [2.45, 2.75) is 32.3 Å². The molecular weight excluding hydrogens is 300 g/mol. The van der Waals surface area contributed by atoms with Crippen molar-refractivity contribution in [1.82, 2.24) is 0 Å². The maximum absolute atomic E-state index is 13.4. The molecule has 22 heavy (non-hydrogen) atoms. The van der Waals surface area contributed by atoms with Crippen LogP contribution in [-0.2, 0) is 15.5 Å². The van der Waals surface area contributed by atoms with Crippen LogP contribution in [-0.4, -0.2) is 29.9 Å². The minimum atomic E-state index is -4.06. The maximum Gasteiger partial charge on any atom is 0.412 e. The van der Waals surface area contributed by atoms with Gasteiger partial charge in [-0.05, 0) is 32.9 Å². The molecule has 0 aliphatic carbocycles. The van der Waals surface area contributed by atoms with Gasteiger partial charge in [-0.25, -0.2) is 9.59 Å². The Bertz CT molecular complexity index is 581. The minimum Gasteiger partial charge on any atom is -0.495 e. The van der Waals surface area contributed by atoms with Crippen LogP contribution in [0.3, 0.4) is 0 Å². The van der Waals surface area contributed by atoms with Crippen molar-refractivity contribution in [2.75, 3.05) is 12.4 Å². The fourth-order valence-electron chi connectivity index (χ4n) is 1.53. The summed E-state index contributed by atoms with van der Waals surface area (Å²) >= 11 is 0. The van der Waals surface area contributed by atoms with Gasteiger partial charge in [0.1, 0.15) is 11.4 Å². The molecule has 0 bridgehead atoms. The standard InChI is InChI=1S/C14H17F2NO5/c1-13(2,3)22-12(20)17-9-6-5-8(7-10(9)21-4)14(15,16)11(18)19/h5-7H,1-4H3,(H,17,20)(H,18,19). The Balaban J connectivity index is 3.05. The molecule has 0 atom stereocenters. The topological polar surface area (TPSA) is 84.9 Å². The molecule has 0 radical (unpaired) electrons. The number of carboxylic acids is 1. The van der Waals surface area contributed by atoms with Crippen LogP contribution >= 0.6 is 0 Å². The Morgan fingerprint density at radius 2 is 1.82 bits per heavy atom. The van der Waals surface area contributed by atoms with E-state index in [1.54, 1.807) is 20.8 Å². The highest BCUT2D eigenvalue weighted by molar-refractivity contribution is 5.87. The Hall–Kier alpha value is -2.38. The first-order chi connectivity index (χ1) is 9.97. The predicted octanol–water partition coefficient (Wildman–Crippen LogP) is 3.22. The van der Waals surface area contributed by atoms with E-state index < -0.39 is 29.1 Å². The third-order valence-electron chi connectivity index (χ3n) is 2.47. The molecule has 8 heteroatoms. The zero-order valence-electron chi connectivity index (χ0n) is 12.6. The zero-order chi connectivity index (χ0) is 17.1. The number of aliphatic carboxylic acids is 1. The summed E-state index contributed by atoms with van der Waals surface area (Å²) in [5.41, 5.74) is -1.40. The molecule has 1 aromatic rings. The van der Waals surface area contributed by atoms with E-state index in [0.29, 0.717) is 0 Å². The lowest BCUT2D eigenvalue weighted by Crippen LogP contribution is -2.27. The van der Waals surface area contributed by atoms with Gasteiger partial charge in [-0.1, -0.05) is 6.07 Å². The van der Waals surface area contributed by atoms with Gasteiger partial charge in [0.15, 0.2) is 0 Å². The van der Waals surface area contributed by atoms with Gasteiger partial charge < -0.3 is 14.6 Å². The van der Waals surface area contributed by atoms with E-state index in [1.807, 2.05) is 0 Å². The van der Waals surface area contributed by atoms with Gasteiger partial charge in [-0.15, -0.1) is 0 Å². The van der Waals surface area contributed by atoms with Gasteiger partial charge in [-0.2, -0.15) is 8.78 Å². The Morgan fingerprint density at radius 3 is 2.27 bits per heavy atom. The molecule has 0 saturated carbocycles. The van der Waals surface area contributed by atoms with E-state index in [2.05, 4.69) is 5.32 Å². The molecule has 2 N–H and O–H groups in total. The van der Waals surface area contributed by atoms with Crippen molar-refractivity contribution in [3.05, 3.63) is 23.8 Å². The second-order valence-electron chi connectivity index (χ2n) is 5.42. The Labute approximate surface area is 126 Å². The summed E-state index contributed by atoms with van der Waals surface area (Å²) in [5, 5.41) is 10.9. The number of benzene rings is 1. The highest BCUT2D eigenvalue weighted by Gasteiger charge is 2.41. The number of anilines is 1. The number of carbonyl (C=O) groups is 2. The summed E-state index contributed by atoms with van der Waals surface area (Å²) in [7, 11) is 1.21. The second kappa shape index (κ2) is 6.17. The number of hydrogen-bond acceptors (Lipinski definition) is 4. The van der Waals surface area contributed by atoms with E-state index in [1.165, 1.54) is 7.11 Å². The summed E-state index contributed by atoms with van der Waals surface area (Å²) in [5.74, 6) is -6.44. The smallest absolute Gasteiger partial charge is 0.412 e. The van der Waals surface area contributed by atoms with Crippen molar-refractivity contribution < 1.29 is 33.0 Å². The van der Waals surface area contributed by atoms with Crippen LogP contribution in [0.25, 0.3) is 0 Å². The number of hydrogen-bond donors (Lipinski definition) is 2. The predicted molar refractivity (Wildman–Crippen MR) is 74.4 cm³/mol. The lowest BCUT2D eigenvalue weighted by atomic mass is 10.1. The SMILES string of the molecule is COc1cc(C(F)(F)C(=O)O)ccc1NC(=O)OC(C)(C)C. The molecule has 1 amide bonds. The maximum atomic E-state index is 13.4. The average molecular weight is 317 g/mol. The number of alkyl halides is 2. The van der Waals surface area contributed by atoms with Gasteiger partial charge in [-0.3, -0.25) is 5.32 Å². The van der Waals surface area contributed by atoms with Gasteiger partial charge >= 0.3 is 18.0 Å². The number of nitrogens with one attached hydrogen (secondary N) is 1. The number of halogens is 2.